The number of likely N-dealkylation sites (tertiary alicyclic amines) is 1. The van der Waals surface area contributed by atoms with Gasteiger partial charge in [-0.15, -0.1) is 0 Å². The Kier molecular flexibility index (Phi) is 4.23. The van der Waals surface area contributed by atoms with Crippen molar-refractivity contribution >= 4 is 17.5 Å². The summed E-state index contributed by atoms with van der Waals surface area (Å²) in [6.45, 7) is 2.66. The molecule has 1 atom stereocenters. The molecule has 1 N–H and O–H groups in total. The largest absolute Gasteiger partial charge is 0.332 e. The first kappa shape index (κ1) is 16.8. The van der Waals surface area contributed by atoms with Crippen molar-refractivity contribution < 1.29 is 14.0 Å². The van der Waals surface area contributed by atoms with Crippen LogP contribution in [0.2, 0.25) is 0 Å². The van der Waals surface area contributed by atoms with Crippen molar-refractivity contribution in [3.05, 3.63) is 64.5 Å². The summed E-state index contributed by atoms with van der Waals surface area (Å²) in [6, 6.07) is 11.0. The number of benzene rings is 2. The summed E-state index contributed by atoms with van der Waals surface area (Å²) < 4.78 is 14.6. The summed E-state index contributed by atoms with van der Waals surface area (Å²) in [5.41, 5.74) is 3.64. The molecule has 26 heavy (non-hydrogen) atoms. The van der Waals surface area contributed by atoms with Crippen molar-refractivity contribution in [1.29, 1.82) is 0 Å². The quantitative estimate of drug-likeness (QED) is 0.888. The van der Waals surface area contributed by atoms with Crippen LogP contribution in [0.15, 0.2) is 36.4 Å². The van der Waals surface area contributed by atoms with E-state index < -0.39 is 5.82 Å². The van der Waals surface area contributed by atoms with Crippen LogP contribution in [0.25, 0.3) is 0 Å². The van der Waals surface area contributed by atoms with Gasteiger partial charge >= 0.3 is 0 Å². The zero-order chi connectivity index (χ0) is 18.3. The zero-order valence-corrected chi connectivity index (χ0v) is 14.7. The molecule has 2 heterocycles. The lowest BCUT2D eigenvalue weighted by molar-refractivity contribution is -0.116. The van der Waals surface area contributed by atoms with E-state index >= 15 is 0 Å². The van der Waals surface area contributed by atoms with Gasteiger partial charge in [-0.1, -0.05) is 29.8 Å². The predicted octanol–water partition coefficient (Wildman–Crippen LogP) is 4.00. The maximum absolute atomic E-state index is 14.6. The highest BCUT2D eigenvalue weighted by molar-refractivity contribution is 5.98. The Morgan fingerprint density at radius 2 is 2.08 bits per heavy atom. The molecule has 0 aromatic heterocycles. The summed E-state index contributed by atoms with van der Waals surface area (Å²) in [7, 11) is 0. The number of halogens is 1. The molecular weight excluding hydrogens is 331 g/mol. The second-order valence-corrected chi connectivity index (χ2v) is 7.11. The van der Waals surface area contributed by atoms with Crippen molar-refractivity contribution in [3.63, 3.8) is 0 Å². The summed E-state index contributed by atoms with van der Waals surface area (Å²) in [5, 5.41) is 2.67. The Bertz CT molecular complexity index is 894. The van der Waals surface area contributed by atoms with E-state index in [4.69, 9.17) is 0 Å². The lowest BCUT2D eigenvalue weighted by Crippen LogP contribution is -2.31. The number of hydrogen-bond donors (Lipinski definition) is 1. The third-order valence-corrected chi connectivity index (χ3v) is 5.26. The molecule has 2 aliphatic heterocycles. The Hall–Kier alpha value is -2.69. The summed E-state index contributed by atoms with van der Waals surface area (Å²) in [5.74, 6) is -0.966. The molecule has 0 radical (unpaired) electrons. The van der Waals surface area contributed by atoms with E-state index in [2.05, 4.69) is 11.4 Å². The predicted molar refractivity (Wildman–Crippen MR) is 97.5 cm³/mol. The molecule has 0 aliphatic carbocycles. The SMILES string of the molecule is Cc1cccc(C2CCCN2C(=O)c2cc3c(cc2F)NC(=O)CC3)c1. The highest BCUT2D eigenvalue weighted by Crippen LogP contribution is 2.35. The van der Waals surface area contributed by atoms with E-state index in [1.165, 1.54) is 6.07 Å². The summed E-state index contributed by atoms with van der Waals surface area (Å²) >= 11 is 0. The second-order valence-electron chi connectivity index (χ2n) is 7.11. The van der Waals surface area contributed by atoms with Crippen LogP contribution < -0.4 is 5.32 Å². The molecule has 1 saturated heterocycles. The molecule has 5 heteroatoms. The number of nitrogens with zero attached hydrogens (tertiary/aromatic N) is 1. The fourth-order valence-electron chi connectivity index (χ4n) is 3.95. The fourth-order valence-corrected chi connectivity index (χ4v) is 3.95. The van der Waals surface area contributed by atoms with E-state index in [0.29, 0.717) is 25.1 Å². The van der Waals surface area contributed by atoms with E-state index in [-0.39, 0.29) is 23.4 Å². The summed E-state index contributed by atoms with van der Waals surface area (Å²) in [4.78, 5) is 26.3. The zero-order valence-electron chi connectivity index (χ0n) is 14.7. The number of hydrogen-bond acceptors (Lipinski definition) is 2. The van der Waals surface area contributed by atoms with Gasteiger partial charge in [-0.25, -0.2) is 4.39 Å². The molecule has 0 spiro atoms. The molecule has 0 saturated carbocycles. The molecule has 1 fully saturated rings. The van der Waals surface area contributed by atoms with E-state index in [9.17, 15) is 14.0 Å². The molecule has 1 unspecified atom stereocenters. The van der Waals surface area contributed by atoms with Crippen LogP contribution in [0.3, 0.4) is 0 Å². The number of nitrogens with one attached hydrogen (secondary N) is 1. The normalized spacial score (nSPS) is 19.2. The van der Waals surface area contributed by atoms with Gasteiger partial charge < -0.3 is 10.2 Å². The lowest BCUT2D eigenvalue weighted by Gasteiger charge is -2.26. The smallest absolute Gasteiger partial charge is 0.257 e. The second kappa shape index (κ2) is 6.56. The van der Waals surface area contributed by atoms with Gasteiger partial charge in [-0.3, -0.25) is 9.59 Å². The number of anilines is 1. The first-order chi connectivity index (χ1) is 12.5. The van der Waals surface area contributed by atoms with Crippen molar-refractivity contribution in [2.75, 3.05) is 11.9 Å². The van der Waals surface area contributed by atoms with Gasteiger partial charge in [-0.05, 0) is 49.4 Å². The first-order valence-corrected chi connectivity index (χ1v) is 9.03. The minimum absolute atomic E-state index is 0.0162. The van der Waals surface area contributed by atoms with E-state index in [0.717, 1.165) is 29.5 Å². The molecule has 2 amide bonds. The van der Waals surface area contributed by atoms with Gasteiger partial charge in [0, 0.05) is 18.7 Å². The number of amides is 2. The molecule has 0 bridgehead atoms. The summed E-state index contributed by atoms with van der Waals surface area (Å²) in [6.07, 6.45) is 2.69. The lowest BCUT2D eigenvalue weighted by atomic mass is 9.98. The molecule has 134 valence electrons. The number of fused-ring (bicyclic) bond motifs is 1. The van der Waals surface area contributed by atoms with Crippen LogP contribution in [0.5, 0.6) is 0 Å². The third kappa shape index (κ3) is 2.98. The Balaban J connectivity index is 1.66. The average molecular weight is 352 g/mol. The van der Waals surface area contributed by atoms with Crippen LogP contribution in [-0.4, -0.2) is 23.3 Å². The highest BCUT2D eigenvalue weighted by Gasteiger charge is 2.32. The van der Waals surface area contributed by atoms with Crippen molar-refractivity contribution in [3.8, 4) is 0 Å². The maximum atomic E-state index is 14.6. The fraction of sp³-hybridized carbons (Fsp3) is 0.333. The molecular formula is C21H21FN2O2. The minimum Gasteiger partial charge on any atom is -0.332 e. The average Bonchev–Trinajstić information content (AvgIpc) is 3.10. The Morgan fingerprint density at radius 3 is 2.88 bits per heavy atom. The number of carbonyl (C=O) groups excluding carboxylic acids is 2. The third-order valence-electron chi connectivity index (χ3n) is 5.26. The van der Waals surface area contributed by atoms with Crippen molar-refractivity contribution in [2.45, 2.75) is 38.6 Å². The van der Waals surface area contributed by atoms with Gasteiger partial charge in [0.1, 0.15) is 5.82 Å². The van der Waals surface area contributed by atoms with Gasteiger partial charge in [0.15, 0.2) is 0 Å². The monoisotopic (exact) mass is 352 g/mol. The Morgan fingerprint density at radius 1 is 1.23 bits per heavy atom. The molecule has 4 nitrogen and oxygen atoms in total. The van der Waals surface area contributed by atoms with Gasteiger partial charge in [0.25, 0.3) is 5.91 Å². The van der Waals surface area contributed by atoms with Gasteiger partial charge in [-0.2, -0.15) is 0 Å². The highest BCUT2D eigenvalue weighted by atomic mass is 19.1. The molecule has 2 aliphatic rings. The van der Waals surface area contributed by atoms with Crippen LogP contribution in [0, 0.1) is 12.7 Å². The molecule has 4 rings (SSSR count). The number of aryl methyl sites for hydroxylation is 2. The maximum Gasteiger partial charge on any atom is 0.257 e. The standard InChI is InChI=1S/C21H21FN2O2/c1-13-4-2-5-15(10-13)19-6-3-9-24(19)21(26)16-11-14-7-8-20(25)23-18(14)12-17(16)22/h2,4-5,10-12,19H,3,6-9H2,1H3,(H,23,25). The molecule has 2 aromatic carbocycles. The van der Waals surface area contributed by atoms with Crippen LogP contribution >= 0.6 is 0 Å². The minimum atomic E-state index is -0.578. The van der Waals surface area contributed by atoms with E-state index in [1.54, 1.807) is 11.0 Å². The van der Waals surface area contributed by atoms with Gasteiger partial charge in [0.05, 0.1) is 11.6 Å². The topological polar surface area (TPSA) is 49.4 Å². The van der Waals surface area contributed by atoms with Gasteiger partial charge in [0.2, 0.25) is 5.91 Å². The first-order valence-electron chi connectivity index (χ1n) is 9.03. The van der Waals surface area contributed by atoms with Crippen LogP contribution in [-0.2, 0) is 11.2 Å². The van der Waals surface area contributed by atoms with Crippen molar-refractivity contribution in [1.82, 2.24) is 4.90 Å². The van der Waals surface area contributed by atoms with Crippen LogP contribution in [0.1, 0.15) is 52.4 Å². The van der Waals surface area contributed by atoms with E-state index in [1.807, 2.05) is 25.1 Å². The molecule has 2 aromatic rings. The van der Waals surface area contributed by atoms with Crippen molar-refractivity contribution in [2.24, 2.45) is 0 Å². The number of rotatable bonds is 2. The number of carbonyl (C=O) groups is 2. The van der Waals surface area contributed by atoms with Crippen LogP contribution in [0.4, 0.5) is 10.1 Å². The Labute approximate surface area is 152 Å².